The van der Waals surface area contributed by atoms with E-state index < -0.39 is 9.84 Å². The molecule has 0 saturated carbocycles. The number of hydrogen-bond donors (Lipinski definition) is 1. The number of anilines is 1. The van der Waals surface area contributed by atoms with Gasteiger partial charge >= 0.3 is 0 Å². The molecular formula is C21H25NO5S2. The quantitative estimate of drug-likeness (QED) is 0.606. The number of amides is 1. The van der Waals surface area contributed by atoms with Gasteiger partial charge in [0.2, 0.25) is 0 Å². The number of carbonyl (C=O) groups excluding carboxylic acids is 1. The van der Waals surface area contributed by atoms with E-state index in [0.717, 1.165) is 30.1 Å². The lowest BCUT2D eigenvalue weighted by atomic mass is 10.2. The second-order valence-electron chi connectivity index (χ2n) is 6.90. The number of ether oxygens (including phenoxy) is 2. The molecule has 8 heteroatoms. The van der Waals surface area contributed by atoms with Gasteiger partial charge in [0, 0.05) is 35.3 Å². The highest BCUT2D eigenvalue weighted by Gasteiger charge is 2.18. The normalized spacial score (nSPS) is 16.5. The minimum Gasteiger partial charge on any atom is -0.492 e. The summed E-state index contributed by atoms with van der Waals surface area (Å²) in [6, 6.07) is 14.4. The SMILES string of the molecule is CS(=O)(=O)CCOc1cccc(NC(=O)c2ccccc2SCC2CCCO2)c1. The van der Waals surface area contributed by atoms with Gasteiger partial charge in [-0.3, -0.25) is 4.79 Å². The van der Waals surface area contributed by atoms with Crippen molar-refractivity contribution in [3.8, 4) is 5.75 Å². The van der Waals surface area contributed by atoms with E-state index in [2.05, 4.69) is 5.32 Å². The van der Waals surface area contributed by atoms with Gasteiger partial charge in [-0.1, -0.05) is 18.2 Å². The first-order chi connectivity index (χ1) is 13.9. The van der Waals surface area contributed by atoms with Crippen LogP contribution in [0.5, 0.6) is 5.75 Å². The molecular weight excluding hydrogens is 410 g/mol. The number of thioether (sulfide) groups is 1. The molecule has 1 saturated heterocycles. The van der Waals surface area contributed by atoms with E-state index in [-0.39, 0.29) is 24.4 Å². The second kappa shape index (κ2) is 10.1. The Bertz CT molecular complexity index is 940. The molecule has 1 N–H and O–H groups in total. The fourth-order valence-corrected chi connectivity index (χ4v) is 4.42. The van der Waals surface area contributed by atoms with Crippen LogP contribution < -0.4 is 10.1 Å². The summed E-state index contributed by atoms with van der Waals surface area (Å²) >= 11 is 1.63. The highest BCUT2D eigenvalue weighted by Crippen LogP contribution is 2.27. The number of sulfone groups is 1. The number of benzene rings is 2. The molecule has 1 amide bonds. The number of carbonyl (C=O) groups is 1. The molecule has 1 unspecified atom stereocenters. The molecule has 1 fully saturated rings. The molecule has 0 spiro atoms. The third-order valence-electron chi connectivity index (χ3n) is 4.40. The van der Waals surface area contributed by atoms with Gasteiger partial charge < -0.3 is 14.8 Å². The first kappa shape index (κ1) is 21.7. The lowest BCUT2D eigenvalue weighted by molar-refractivity contribution is 0.102. The average molecular weight is 436 g/mol. The molecule has 0 aliphatic carbocycles. The first-order valence-corrected chi connectivity index (χ1v) is 12.5. The monoisotopic (exact) mass is 435 g/mol. The molecule has 0 aromatic heterocycles. The minimum atomic E-state index is -3.08. The van der Waals surface area contributed by atoms with Gasteiger partial charge in [-0.2, -0.15) is 0 Å². The van der Waals surface area contributed by atoms with Crippen molar-refractivity contribution >= 4 is 33.2 Å². The average Bonchev–Trinajstić information content (AvgIpc) is 3.19. The summed E-state index contributed by atoms with van der Waals surface area (Å²) in [6.07, 6.45) is 3.57. The molecule has 29 heavy (non-hydrogen) atoms. The number of rotatable bonds is 9. The largest absolute Gasteiger partial charge is 0.492 e. The molecule has 6 nitrogen and oxygen atoms in total. The smallest absolute Gasteiger partial charge is 0.256 e. The van der Waals surface area contributed by atoms with Crippen LogP contribution >= 0.6 is 11.8 Å². The Kier molecular flexibility index (Phi) is 7.57. The van der Waals surface area contributed by atoms with Crippen molar-refractivity contribution in [3.05, 3.63) is 54.1 Å². The van der Waals surface area contributed by atoms with Crippen LogP contribution in [0.1, 0.15) is 23.2 Å². The molecule has 1 aliphatic rings. The third kappa shape index (κ3) is 7.06. The van der Waals surface area contributed by atoms with E-state index in [9.17, 15) is 13.2 Å². The zero-order valence-electron chi connectivity index (χ0n) is 16.3. The standard InChI is InChI=1S/C21H25NO5S2/c1-29(24,25)13-12-27-17-7-4-6-16(14-17)22-21(23)19-9-2-3-10-20(19)28-15-18-8-5-11-26-18/h2-4,6-7,9-10,14,18H,5,8,11-13,15H2,1H3,(H,22,23). The predicted octanol–water partition coefficient (Wildman–Crippen LogP) is 3.63. The van der Waals surface area contributed by atoms with E-state index in [4.69, 9.17) is 9.47 Å². The van der Waals surface area contributed by atoms with E-state index in [1.165, 1.54) is 6.26 Å². The number of hydrogen-bond acceptors (Lipinski definition) is 6. The van der Waals surface area contributed by atoms with Gasteiger partial charge in [-0.25, -0.2) is 8.42 Å². The van der Waals surface area contributed by atoms with Crippen LogP contribution in [0, 0.1) is 0 Å². The van der Waals surface area contributed by atoms with E-state index >= 15 is 0 Å². The summed E-state index contributed by atoms with van der Waals surface area (Å²) in [5.41, 5.74) is 1.20. The second-order valence-corrected chi connectivity index (χ2v) is 10.2. The van der Waals surface area contributed by atoms with Gasteiger partial charge in [0.25, 0.3) is 5.91 Å². The summed E-state index contributed by atoms with van der Waals surface area (Å²) in [5.74, 6) is 1.08. The van der Waals surface area contributed by atoms with Crippen LogP contribution in [0.3, 0.4) is 0 Å². The maximum absolute atomic E-state index is 12.8. The fourth-order valence-electron chi connectivity index (χ4n) is 2.91. The molecule has 0 bridgehead atoms. The fraction of sp³-hybridized carbons (Fsp3) is 0.381. The Labute approximate surface area is 175 Å². The predicted molar refractivity (Wildman–Crippen MR) is 116 cm³/mol. The molecule has 1 aliphatic heterocycles. The van der Waals surface area contributed by atoms with Gasteiger partial charge in [0.1, 0.15) is 12.4 Å². The molecule has 1 heterocycles. The van der Waals surface area contributed by atoms with Gasteiger partial charge in [-0.05, 0) is 37.1 Å². The summed E-state index contributed by atoms with van der Waals surface area (Å²) in [7, 11) is -3.08. The van der Waals surface area contributed by atoms with Crippen molar-refractivity contribution in [2.24, 2.45) is 0 Å². The minimum absolute atomic E-state index is 0.0567. The van der Waals surface area contributed by atoms with E-state index in [0.29, 0.717) is 17.0 Å². The van der Waals surface area contributed by atoms with Crippen molar-refractivity contribution < 1.29 is 22.7 Å². The van der Waals surface area contributed by atoms with Crippen LogP contribution in [-0.2, 0) is 14.6 Å². The van der Waals surface area contributed by atoms with Crippen molar-refractivity contribution in [1.29, 1.82) is 0 Å². The summed E-state index contributed by atoms with van der Waals surface area (Å²) in [4.78, 5) is 13.7. The zero-order chi connectivity index (χ0) is 20.7. The van der Waals surface area contributed by atoms with Crippen LogP contribution in [0.25, 0.3) is 0 Å². The lowest BCUT2D eigenvalue weighted by Gasteiger charge is -2.13. The highest BCUT2D eigenvalue weighted by molar-refractivity contribution is 7.99. The molecule has 2 aromatic carbocycles. The Morgan fingerprint density at radius 3 is 2.83 bits per heavy atom. The Hall–Kier alpha value is -2.03. The van der Waals surface area contributed by atoms with Crippen molar-refractivity contribution in [2.75, 3.05) is 36.3 Å². The Morgan fingerprint density at radius 2 is 2.07 bits per heavy atom. The highest BCUT2D eigenvalue weighted by atomic mass is 32.2. The molecule has 3 rings (SSSR count). The molecule has 156 valence electrons. The topological polar surface area (TPSA) is 81.7 Å². The maximum atomic E-state index is 12.8. The molecule has 0 radical (unpaired) electrons. The third-order valence-corrected chi connectivity index (χ3v) is 6.51. The molecule has 2 aromatic rings. The van der Waals surface area contributed by atoms with Crippen LogP contribution in [0.2, 0.25) is 0 Å². The zero-order valence-corrected chi connectivity index (χ0v) is 17.9. The Balaban J connectivity index is 1.62. The summed E-state index contributed by atoms with van der Waals surface area (Å²) < 4.78 is 33.6. The van der Waals surface area contributed by atoms with Crippen molar-refractivity contribution in [1.82, 2.24) is 0 Å². The van der Waals surface area contributed by atoms with E-state index in [1.807, 2.05) is 18.2 Å². The van der Waals surface area contributed by atoms with Gasteiger partial charge in [0.15, 0.2) is 9.84 Å². The van der Waals surface area contributed by atoms with E-state index in [1.54, 1.807) is 42.1 Å². The summed E-state index contributed by atoms with van der Waals surface area (Å²) in [5, 5.41) is 2.89. The lowest BCUT2D eigenvalue weighted by Crippen LogP contribution is -2.14. The Morgan fingerprint density at radius 1 is 1.24 bits per heavy atom. The maximum Gasteiger partial charge on any atom is 0.256 e. The molecule has 1 atom stereocenters. The van der Waals surface area contributed by atoms with Crippen molar-refractivity contribution in [3.63, 3.8) is 0 Å². The first-order valence-electron chi connectivity index (χ1n) is 9.46. The van der Waals surface area contributed by atoms with Gasteiger partial charge in [0.05, 0.1) is 17.4 Å². The van der Waals surface area contributed by atoms with Gasteiger partial charge in [-0.15, -0.1) is 11.8 Å². The van der Waals surface area contributed by atoms with Crippen LogP contribution in [0.15, 0.2) is 53.4 Å². The van der Waals surface area contributed by atoms with Crippen LogP contribution in [-0.4, -0.2) is 51.4 Å². The number of nitrogens with one attached hydrogen (secondary N) is 1. The van der Waals surface area contributed by atoms with Crippen LogP contribution in [0.4, 0.5) is 5.69 Å². The van der Waals surface area contributed by atoms with Crippen molar-refractivity contribution in [2.45, 2.75) is 23.8 Å². The summed E-state index contributed by atoms with van der Waals surface area (Å²) in [6.45, 7) is 0.884.